The number of nitro benzene ring substituents is 1. The summed E-state index contributed by atoms with van der Waals surface area (Å²) >= 11 is 2.00. The maximum atomic E-state index is 11.8. The molecule has 1 amide bonds. The first-order valence-electron chi connectivity index (χ1n) is 5.23. The number of benzene rings is 1. The van der Waals surface area contributed by atoms with Gasteiger partial charge < -0.3 is 4.90 Å². The molecule has 0 aromatic heterocycles. The summed E-state index contributed by atoms with van der Waals surface area (Å²) in [4.78, 5) is 23.7. The molecule has 5 nitrogen and oxygen atoms in total. The molecular formula is C12H9IN2O3. The SMILES string of the molecule is C#CC1CC(=O)N(c2ccc(I)cc2[N+](=O)[O-])C1. The summed E-state index contributed by atoms with van der Waals surface area (Å²) in [6.45, 7) is 0.344. The van der Waals surface area contributed by atoms with Crippen LogP contribution in [0.5, 0.6) is 0 Å². The van der Waals surface area contributed by atoms with E-state index in [4.69, 9.17) is 6.42 Å². The highest BCUT2D eigenvalue weighted by atomic mass is 127. The average Bonchev–Trinajstić information content (AvgIpc) is 2.70. The van der Waals surface area contributed by atoms with E-state index in [-0.39, 0.29) is 23.9 Å². The summed E-state index contributed by atoms with van der Waals surface area (Å²) in [5, 5.41) is 11.0. The van der Waals surface area contributed by atoms with Crippen molar-refractivity contribution in [3.8, 4) is 12.3 Å². The zero-order valence-corrected chi connectivity index (χ0v) is 11.5. The van der Waals surface area contributed by atoms with Crippen molar-refractivity contribution in [1.29, 1.82) is 0 Å². The molecule has 0 spiro atoms. The van der Waals surface area contributed by atoms with Crippen LogP contribution in [0.25, 0.3) is 0 Å². The molecule has 0 aliphatic carbocycles. The van der Waals surface area contributed by atoms with Crippen molar-refractivity contribution in [3.63, 3.8) is 0 Å². The molecule has 1 atom stereocenters. The first-order valence-corrected chi connectivity index (χ1v) is 6.31. The van der Waals surface area contributed by atoms with E-state index in [9.17, 15) is 14.9 Å². The number of nitrogens with zero attached hydrogens (tertiary/aromatic N) is 2. The Bertz CT molecular complexity index is 565. The molecule has 0 bridgehead atoms. The summed E-state index contributed by atoms with van der Waals surface area (Å²) < 4.78 is 0.753. The molecule has 0 saturated carbocycles. The molecule has 18 heavy (non-hydrogen) atoms. The van der Waals surface area contributed by atoms with Crippen LogP contribution in [0.15, 0.2) is 18.2 Å². The van der Waals surface area contributed by atoms with Crippen LogP contribution >= 0.6 is 22.6 Å². The molecule has 1 saturated heterocycles. The van der Waals surface area contributed by atoms with Crippen LogP contribution in [-0.2, 0) is 4.79 Å². The van der Waals surface area contributed by atoms with Gasteiger partial charge >= 0.3 is 0 Å². The minimum Gasteiger partial charge on any atom is -0.305 e. The number of halogens is 1. The molecule has 92 valence electrons. The number of terminal acetylenes is 1. The van der Waals surface area contributed by atoms with Crippen molar-refractivity contribution < 1.29 is 9.72 Å². The van der Waals surface area contributed by atoms with E-state index in [2.05, 4.69) is 5.92 Å². The summed E-state index contributed by atoms with van der Waals surface area (Å²) in [6, 6.07) is 4.78. The lowest BCUT2D eigenvalue weighted by molar-refractivity contribution is -0.384. The summed E-state index contributed by atoms with van der Waals surface area (Å²) in [5.41, 5.74) is 0.260. The zero-order chi connectivity index (χ0) is 13.3. The highest BCUT2D eigenvalue weighted by molar-refractivity contribution is 14.1. The Morgan fingerprint density at radius 3 is 2.83 bits per heavy atom. The Morgan fingerprint density at radius 2 is 2.28 bits per heavy atom. The van der Waals surface area contributed by atoms with Crippen molar-refractivity contribution >= 4 is 39.9 Å². The maximum absolute atomic E-state index is 11.8. The highest BCUT2D eigenvalue weighted by Gasteiger charge is 2.33. The summed E-state index contributed by atoms with van der Waals surface area (Å²) in [5.74, 6) is 2.19. The minimum atomic E-state index is -0.478. The molecule has 1 fully saturated rings. The summed E-state index contributed by atoms with van der Waals surface area (Å²) in [7, 11) is 0. The number of carbonyl (C=O) groups is 1. The monoisotopic (exact) mass is 356 g/mol. The number of nitro groups is 1. The summed E-state index contributed by atoms with van der Waals surface area (Å²) in [6.07, 6.45) is 5.54. The van der Waals surface area contributed by atoms with E-state index in [1.807, 2.05) is 22.6 Å². The topological polar surface area (TPSA) is 63.5 Å². The Labute approximate surface area is 117 Å². The third kappa shape index (κ3) is 2.31. The van der Waals surface area contributed by atoms with Gasteiger partial charge in [-0.05, 0) is 34.7 Å². The van der Waals surface area contributed by atoms with E-state index < -0.39 is 4.92 Å². The number of hydrogen-bond donors (Lipinski definition) is 0. The van der Waals surface area contributed by atoms with Gasteiger partial charge in [0.1, 0.15) is 5.69 Å². The zero-order valence-electron chi connectivity index (χ0n) is 9.30. The van der Waals surface area contributed by atoms with Crippen molar-refractivity contribution in [2.75, 3.05) is 11.4 Å². The van der Waals surface area contributed by atoms with Crippen LogP contribution in [0.1, 0.15) is 6.42 Å². The van der Waals surface area contributed by atoms with E-state index in [0.29, 0.717) is 12.2 Å². The van der Waals surface area contributed by atoms with Gasteiger partial charge in [0.2, 0.25) is 5.91 Å². The van der Waals surface area contributed by atoms with Gasteiger partial charge in [-0.15, -0.1) is 12.3 Å². The van der Waals surface area contributed by atoms with E-state index in [1.54, 1.807) is 12.1 Å². The molecule has 1 aromatic carbocycles. The fraction of sp³-hybridized carbons (Fsp3) is 0.250. The van der Waals surface area contributed by atoms with Gasteiger partial charge in [-0.25, -0.2) is 0 Å². The van der Waals surface area contributed by atoms with Gasteiger partial charge in [-0.1, -0.05) is 0 Å². The van der Waals surface area contributed by atoms with Crippen molar-refractivity contribution in [2.24, 2.45) is 5.92 Å². The number of hydrogen-bond acceptors (Lipinski definition) is 3. The second kappa shape index (κ2) is 4.94. The van der Waals surface area contributed by atoms with Crippen molar-refractivity contribution in [1.82, 2.24) is 0 Å². The van der Waals surface area contributed by atoms with E-state index in [1.165, 1.54) is 11.0 Å². The number of amides is 1. The molecule has 2 rings (SSSR count). The molecule has 0 N–H and O–H groups in total. The van der Waals surface area contributed by atoms with Crippen LogP contribution in [0.2, 0.25) is 0 Å². The molecule has 6 heteroatoms. The maximum Gasteiger partial charge on any atom is 0.294 e. The fourth-order valence-electron chi connectivity index (χ4n) is 1.92. The lowest BCUT2D eigenvalue weighted by Crippen LogP contribution is -2.25. The Kier molecular flexibility index (Phi) is 3.52. The van der Waals surface area contributed by atoms with Crippen LogP contribution in [0.4, 0.5) is 11.4 Å². The molecule has 0 radical (unpaired) electrons. The predicted molar refractivity (Wildman–Crippen MR) is 75.1 cm³/mol. The number of carbonyl (C=O) groups excluding carboxylic acids is 1. The van der Waals surface area contributed by atoms with Gasteiger partial charge in [0.05, 0.1) is 4.92 Å². The lowest BCUT2D eigenvalue weighted by Gasteiger charge is -2.15. The smallest absolute Gasteiger partial charge is 0.294 e. The van der Waals surface area contributed by atoms with E-state index in [0.717, 1.165) is 3.57 Å². The van der Waals surface area contributed by atoms with Crippen molar-refractivity contribution in [3.05, 3.63) is 31.9 Å². The van der Waals surface area contributed by atoms with Gasteiger partial charge in [-0.3, -0.25) is 14.9 Å². The molecule has 1 aliphatic heterocycles. The molecule has 1 aromatic rings. The van der Waals surface area contributed by atoms with Crippen molar-refractivity contribution in [2.45, 2.75) is 6.42 Å². The highest BCUT2D eigenvalue weighted by Crippen LogP contribution is 2.33. The number of anilines is 1. The molecule has 1 unspecified atom stereocenters. The normalized spacial score (nSPS) is 18.8. The second-order valence-corrected chi connectivity index (χ2v) is 5.21. The Morgan fingerprint density at radius 1 is 1.56 bits per heavy atom. The van der Waals surface area contributed by atoms with Crippen LogP contribution in [0.3, 0.4) is 0 Å². The number of rotatable bonds is 2. The Balaban J connectivity index is 2.43. The van der Waals surface area contributed by atoms with Crippen LogP contribution in [0, 0.1) is 31.9 Å². The minimum absolute atomic E-state index is 0.0621. The average molecular weight is 356 g/mol. The third-order valence-electron chi connectivity index (χ3n) is 2.79. The standard InChI is InChI=1S/C12H9IN2O3/c1-2-8-5-12(16)14(7-8)10-4-3-9(13)6-11(10)15(17)18/h1,3-4,6,8H,5,7H2. The first kappa shape index (κ1) is 12.8. The fourth-order valence-corrected chi connectivity index (χ4v) is 2.40. The van der Waals surface area contributed by atoms with Gasteiger partial charge in [0.25, 0.3) is 5.69 Å². The Hall–Kier alpha value is -1.62. The molecule has 1 aliphatic rings. The van der Waals surface area contributed by atoms with E-state index >= 15 is 0 Å². The van der Waals surface area contributed by atoms with Gasteiger partial charge in [-0.2, -0.15) is 0 Å². The molecule has 1 heterocycles. The van der Waals surface area contributed by atoms with Crippen LogP contribution in [-0.4, -0.2) is 17.4 Å². The largest absolute Gasteiger partial charge is 0.305 e. The quantitative estimate of drug-likeness (QED) is 0.353. The van der Waals surface area contributed by atoms with Crippen LogP contribution < -0.4 is 4.90 Å². The third-order valence-corrected chi connectivity index (χ3v) is 3.46. The molecular weight excluding hydrogens is 347 g/mol. The lowest BCUT2D eigenvalue weighted by atomic mass is 10.1. The predicted octanol–water partition coefficient (Wildman–Crippen LogP) is 2.19. The first-order chi connectivity index (χ1) is 8.52. The second-order valence-electron chi connectivity index (χ2n) is 3.96. The van der Waals surface area contributed by atoms with Gasteiger partial charge in [0.15, 0.2) is 0 Å². The van der Waals surface area contributed by atoms with Gasteiger partial charge in [0, 0.05) is 28.5 Å².